The normalized spacial score (nSPS) is 12.7. The van der Waals surface area contributed by atoms with Crippen molar-refractivity contribution in [1.29, 1.82) is 0 Å². The minimum atomic E-state index is -0.659. The Morgan fingerprint density at radius 3 is 2.41 bits per heavy atom. The monoisotopic (exact) mass is 416 g/mol. The van der Waals surface area contributed by atoms with E-state index >= 15 is 0 Å². The summed E-state index contributed by atoms with van der Waals surface area (Å²) < 4.78 is 5.72. The van der Waals surface area contributed by atoms with Gasteiger partial charge in [0.2, 0.25) is 5.91 Å². The number of hydrogen-bond donors (Lipinski definition) is 1. The first kappa shape index (κ1) is 22.8. The third-order valence-electron chi connectivity index (χ3n) is 4.91. The maximum atomic E-state index is 13.0. The summed E-state index contributed by atoms with van der Waals surface area (Å²) in [4.78, 5) is 27.2. The van der Waals surface area contributed by atoms with Crippen molar-refractivity contribution in [2.75, 3.05) is 6.61 Å². The second-order valence-corrected chi connectivity index (χ2v) is 7.57. The van der Waals surface area contributed by atoms with Gasteiger partial charge in [-0.2, -0.15) is 0 Å². The van der Waals surface area contributed by atoms with Crippen LogP contribution in [-0.4, -0.2) is 35.4 Å². The number of nitrogens with one attached hydrogen (secondary N) is 1. The van der Waals surface area contributed by atoms with E-state index in [9.17, 15) is 9.59 Å². The molecule has 0 aliphatic carbocycles. The summed E-state index contributed by atoms with van der Waals surface area (Å²) in [6.07, 6.45) is 0.813. The number of carbonyl (C=O) groups excluding carboxylic acids is 2. The van der Waals surface area contributed by atoms with Gasteiger partial charge in [0.1, 0.15) is 11.8 Å². The minimum absolute atomic E-state index is 0.0328. The third-order valence-corrected chi connectivity index (χ3v) is 5.28. The second-order valence-electron chi connectivity index (χ2n) is 7.16. The number of ether oxygens (including phenoxy) is 1. The summed E-state index contributed by atoms with van der Waals surface area (Å²) in [5.74, 6) is 0.172. The quantitative estimate of drug-likeness (QED) is 0.660. The number of carbonyl (C=O) groups is 2. The molecule has 2 unspecified atom stereocenters. The first-order valence-electron chi connectivity index (χ1n) is 9.85. The summed E-state index contributed by atoms with van der Waals surface area (Å²) >= 11 is 6.29. The van der Waals surface area contributed by atoms with Crippen LogP contribution in [0.15, 0.2) is 48.5 Å². The van der Waals surface area contributed by atoms with Gasteiger partial charge < -0.3 is 15.0 Å². The van der Waals surface area contributed by atoms with Crippen LogP contribution >= 0.6 is 11.6 Å². The zero-order valence-electron chi connectivity index (χ0n) is 17.4. The Kier molecular flexibility index (Phi) is 8.52. The Balaban J connectivity index is 2.18. The van der Waals surface area contributed by atoms with Gasteiger partial charge in [-0.3, -0.25) is 9.59 Å². The fourth-order valence-electron chi connectivity index (χ4n) is 2.80. The molecule has 2 atom stereocenters. The Morgan fingerprint density at radius 2 is 1.76 bits per heavy atom. The molecule has 0 fully saturated rings. The number of amides is 2. The molecule has 1 N–H and O–H groups in total. The predicted molar refractivity (Wildman–Crippen MR) is 116 cm³/mol. The van der Waals surface area contributed by atoms with Gasteiger partial charge in [-0.25, -0.2) is 0 Å². The number of nitrogens with zero attached hydrogens (tertiary/aromatic N) is 1. The molecule has 0 aromatic heterocycles. The molecule has 0 aliphatic heterocycles. The highest BCUT2D eigenvalue weighted by Crippen LogP contribution is 2.20. The zero-order valence-corrected chi connectivity index (χ0v) is 18.2. The summed E-state index contributed by atoms with van der Waals surface area (Å²) in [5, 5.41) is 3.50. The van der Waals surface area contributed by atoms with Crippen LogP contribution in [0.1, 0.15) is 38.3 Å². The Labute approximate surface area is 178 Å². The molecule has 0 radical (unpaired) electrons. The van der Waals surface area contributed by atoms with Crippen molar-refractivity contribution in [3.63, 3.8) is 0 Å². The molecule has 2 rings (SSSR count). The second kappa shape index (κ2) is 10.9. The Hall–Kier alpha value is -2.53. The van der Waals surface area contributed by atoms with E-state index in [0.29, 0.717) is 10.8 Å². The van der Waals surface area contributed by atoms with Crippen LogP contribution < -0.4 is 10.1 Å². The van der Waals surface area contributed by atoms with E-state index in [-0.39, 0.29) is 31.0 Å². The van der Waals surface area contributed by atoms with Crippen molar-refractivity contribution in [2.45, 2.75) is 52.7 Å². The van der Waals surface area contributed by atoms with E-state index in [2.05, 4.69) is 5.32 Å². The topological polar surface area (TPSA) is 58.6 Å². The molecule has 156 valence electrons. The zero-order chi connectivity index (χ0) is 21.4. The predicted octanol–water partition coefficient (Wildman–Crippen LogP) is 4.36. The van der Waals surface area contributed by atoms with Gasteiger partial charge in [0.25, 0.3) is 5.91 Å². The van der Waals surface area contributed by atoms with Crippen molar-refractivity contribution < 1.29 is 14.3 Å². The van der Waals surface area contributed by atoms with Crippen LogP contribution in [0, 0.1) is 6.92 Å². The van der Waals surface area contributed by atoms with Crippen LogP contribution in [0.2, 0.25) is 5.02 Å². The van der Waals surface area contributed by atoms with Crippen molar-refractivity contribution in [3.8, 4) is 5.75 Å². The van der Waals surface area contributed by atoms with E-state index in [1.165, 1.54) is 4.90 Å². The number of rotatable bonds is 9. The van der Waals surface area contributed by atoms with Crippen LogP contribution in [-0.2, 0) is 16.1 Å². The highest BCUT2D eigenvalue weighted by Gasteiger charge is 2.27. The van der Waals surface area contributed by atoms with E-state index in [4.69, 9.17) is 16.3 Å². The number of hydrogen-bond acceptors (Lipinski definition) is 3. The lowest BCUT2D eigenvalue weighted by Gasteiger charge is -2.30. The molecular formula is C23H29ClN2O3. The highest BCUT2D eigenvalue weighted by molar-refractivity contribution is 6.31. The largest absolute Gasteiger partial charge is 0.484 e. The molecule has 0 bridgehead atoms. The van der Waals surface area contributed by atoms with Crippen LogP contribution in [0.3, 0.4) is 0 Å². The van der Waals surface area contributed by atoms with E-state index in [0.717, 1.165) is 17.5 Å². The van der Waals surface area contributed by atoms with Crippen molar-refractivity contribution in [3.05, 3.63) is 64.7 Å². The Morgan fingerprint density at radius 1 is 1.10 bits per heavy atom. The highest BCUT2D eigenvalue weighted by atomic mass is 35.5. The SMILES string of the molecule is CCC(C)NC(=O)C(C)N(Cc1ccccc1Cl)C(=O)COc1ccccc1C. The lowest BCUT2D eigenvalue weighted by Crippen LogP contribution is -2.50. The molecule has 0 spiro atoms. The van der Waals surface area contributed by atoms with Crippen molar-refractivity contribution in [1.82, 2.24) is 10.2 Å². The van der Waals surface area contributed by atoms with E-state index in [1.807, 2.05) is 63.2 Å². The van der Waals surface area contributed by atoms with Gasteiger partial charge in [-0.05, 0) is 50.5 Å². The van der Waals surface area contributed by atoms with Crippen molar-refractivity contribution in [2.24, 2.45) is 0 Å². The smallest absolute Gasteiger partial charge is 0.261 e. The number of benzene rings is 2. The molecule has 29 heavy (non-hydrogen) atoms. The first-order valence-corrected chi connectivity index (χ1v) is 10.2. The average molecular weight is 417 g/mol. The fourth-order valence-corrected chi connectivity index (χ4v) is 2.99. The molecule has 5 nitrogen and oxygen atoms in total. The maximum absolute atomic E-state index is 13.0. The van der Waals surface area contributed by atoms with E-state index in [1.54, 1.807) is 13.0 Å². The molecule has 2 amide bonds. The summed E-state index contributed by atoms with van der Waals surface area (Å²) in [6, 6.07) is 14.2. The molecular weight excluding hydrogens is 388 g/mol. The average Bonchev–Trinajstić information content (AvgIpc) is 2.71. The van der Waals surface area contributed by atoms with Crippen molar-refractivity contribution >= 4 is 23.4 Å². The first-order chi connectivity index (χ1) is 13.8. The van der Waals surface area contributed by atoms with Crippen LogP contribution in [0.4, 0.5) is 0 Å². The number of para-hydroxylation sites is 1. The minimum Gasteiger partial charge on any atom is -0.484 e. The van der Waals surface area contributed by atoms with Crippen LogP contribution in [0.5, 0.6) is 5.75 Å². The molecule has 0 saturated carbocycles. The maximum Gasteiger partial charge on any atom is 0.261 e. The standard InChI is InChI=1S/C23H29ClN2O3/c1-5-17(3)25-23(28)18(4)26(14-19-11-7-8-12-20(19)24)22(27)15-29-21-13-9-6-10-16(21)2/h6-13,17-18H,5,14-15H2,1-4H3,(H,25,28). The summed E-state index contributed by atoms with van der Waals surface area (Å²) in [6.45, 7) is 7.65. The van der Waals surface area contributed by atoms with Gasteiger partial charge in [0, 0.05) is 17.6 Å². The molecule has 0 saturated heterocycles. The van der Waals surface area contributed by atoms with Gasteiger partial charge in [0.05, 0.1) is 0 Å². The summed E-state index contributed by atoms with van der Waals surface area (Å²) in [7, 11) is 0. The Bertz CT molecular complexity index is 840. The van der Waals surface area contributed by atoms with E-state index < -0.39 is 6.04 Å². The van der Waals surface area contributed by atoms with Gasteiger partial charge in [-0.15, -0.1) is 0 Å². The third kappa shape index (κ3) is 6.50. The molecule has 0 heterocycles. The lowest BCUT2D eigenvalue weighted by molar-refractivity contribution is -0.142. The number of halogens is 1. The lowest BCUT2D eigenvalue weighted by atomic mass is 10.1. The number of aryl methyl sites for hydroxylation is 1. The van der Waals surface area contributed by atoms with Gasteiger partial charge >= 0.3 is 0 Å². The molecule has 2 aromatic carbocycles. The van der Waals surface area contributed by atoms with Crippen LogP contribution in [0.25, 0.3) is 0 Å². The molecule has 2 aromatic rings. The fraction of sp³-hybridized carbons (Fsp3) is 0.391. The molecule has 6 heteroatoms. The molecule has 0 aliphatic rings. The summed E-state index contributed by atoms with van der Waals surface area (Å²) in [5.41, 5.74) is 1.72. The van der Waals surface area contributed by atoms with Gasteiger partial charge in [-0.1, -0.05) is 54.9 Å². The van der Waals surface area contributed by atoms with Gasteiger partial charge in [0.15, 0.2) is 6.61 Å².